The van der Waals surface area contributed by atoms with Crippen molar-refractivity contribution in [3.8, 4) is 11.5 Å². The average molecular weight is 605 g/mol. The Labute approximate surface area is 263 Å². The third-order valence-corrected chi connectivity index (χ3v) is 7.54. The van der Waals surface area contributed by atoms with Crippen LogP contribution in [-0.4, -0.2) is 29.8 Å². The summed E-state index contributed by atoms with van der Waals surface area (Å²) in [5.41, 5.74) is 3.32. The van der Waals surface area contributed by atoms with Crippen LogP contribution in [0, 0.1) is 0 Å². The van der Waals surface area contributed by atoms with Gasteiger partial charge in [-0.1, -0.05) is 96.6 Å². The molecule has 1 atom stereocenters. The van der Waals surface area contributed by atoms with Gasteiger partial charge in [0.25, 0.3) is 0 Å². The summed E-state index contributed by atoms with van der Waals surface area (Å²) in [5, 5.41) is 10.5. The monoisotopic (exact) mass is 604 g/mol. The number of hydrogen-bond donors (Lipinski definition) is 1. The van der Waals surface area contributed by atoms with Crippen molar-refractivity contribution in [3.05, 3.63) is 148 Å². The molecule has 0 aliphatic carbocycles. The third kappa shape index (κ3) is 7.27. The molecule has 1 aliphatic rings. The lowest BCUT2D eigenvalue weighted by Gasteiger charge is -2.28. The summed E-state index contributed by atoms with van der Waals surface area (Å²) in [5.74, 6) is -0.815. The van der Waals surface area contributed by atoms with Gasteiger partial charge in [-0.05, 0) is 66.3 Å². The molecule has 0 amide bonds. The van der Waals surface area contributed by atoms with Gasteiger partial charge in [0, 0.05) is 6.42 Å². The van der Waals surface area contributed by atoms with E-state index in [9.17, 15) is 14.7 Å². The van der Waals surface area contributed by atoms with Gasteiger partial charge in [0.05, 0.1) is 12.7 Å². The van der Waals surface area contributed by atoms with E-state index in [-0.39, 0.29) is 30.1 Å². The number of carbonyl (C=O) groups is 2. The molecule has 1 unspecified atom stereocenters. The fourth-order valence-electron chi connectivity index (χ4n) is 5.24. The highest BCUT2D eigenvalue weighted by Gasteiger charge is 2.56. The van der Waals surface area contributed by atoms with Crippen LogP contribution in [0.1, 0.15) is 41.7 Å². The highest BCUT2D eigenvalue weighted by molar-refractivity contribution is 6.11. The molecule has 7 nitrogen and oxygen atoms in total. The second kappa shape index (κ2) is 14.0. The van der Waals surface area contributed by atoms with Crippen molar-refractivity contribution < 1.29 is 33.6 Å². The molecular formula is C38H36O7. The van der Waals surface area contributed by atoms with E-state index in [1.807, 2.05) is 86.7 Å². The van der Waals surface area contributed by atoms with Crippen molar-refractivity contribution in [3.63, 3.8) is 0 Å². The number of phenols is 1. The van der Waals surface area contributed by atoms with Crippen LogP contribution in [0.15, 0.2) is 121 Å². The number of ether oxygens (including phenoxy) is 4. The fraction of sp³-hybridized carbons (Fsp3) is 0.211. The van der Waals surface area contributed by atoms with Crippen molar-refractivity contribution in [1.29, 1.82) is 0 Å². The Morgan fingerprint density at radius 1 is 0.822 bits per heavy atom. The van der Waals surface area contributed by atoms with Gasteiger partial charge in [-0.2, -0.15) is 0 Å². The summed E-state index contributed by atoms with van der Waals surface area (Å²) in [6.07, 6.45) is 2.48. The van der Waals surface area contributed by atoms with Gasteiger partial charge in [-0.15, -0.1) is 0 Å². The van der Waals surface area contributed by atoms with Crippen LogP contribution in [0.2, 0.25) is 0 Å². The maximum Gasteiger partial charge on any atom is 0.375 e. The van der Waals surface area contributed by atoms with Crippen LogP contribution in [0.5, 0.6) is 11.5 Å². The summed E-state index contributed by atoms with van der Waals surface area (Å²) in [4.78, 5) is 27.3. The minimum absolute atomic E-state index is 0.0344. The summed E-state index contributed by atoms with van der Waals surface area (Å²) in [7, 11) is 1.26. The zero-order valence-corrected chi connectivity index (χ0v) is 25.6. The zero-order chi connectivity index (χ0) is 31.8. The van der Waals surface area contributed by atoms with Crippen LogP contribution in [0.3, 0.4) is 0 Å². The van der Waals surface area contributed by atoms with Crippen LogP contribution < -0.4 is 4.74 Å². The second-order valence-corrected chi connectivity index (χ2v) is 11.1. The smallest absolute Gasteiger partial charge is 0.375 e. The Morgan fingerprint density at radius 3 is 2.04 bits per heavy atom. The van der Waals surface area contributed by atoms with E-state index in [0.717, 1.165) is 16.7 Å². The molecule has 0 bridgehead atoms. The largest absolute Gasteiger partial charge is 0.508 e. The van der Waals surface area contributed by atoms with Crippen LogP contribution in [-0.2, 0) is 49.9 Å². The molecule has 7 heteroatoms. The number of methoxy groups -OCH3 is 1. The molecule has 0 saturated heterocycles. The number of hydrogen-bond acceptors (Lipinski definition) is 7. The number of aromatic hydroxyl groups is 1. The van der Waals surface area contributed by atoms with Gasteiger partial charge in [-0.25, -0.2) is 9.59 Å². The average Bonchev–Trinajstić information content (AvgIpc) is 3.34. The van der Waals surface area contributed by atoms with E-state index >= 15 is 0 Å². The first-order valence-corrected chi connectivity index (χ1v) is 14.7. The first-order valence-electron chi connectivity index (χ1n) is 14.7. The van der Waals surface area contributed by atoms with Gasteiger partial charge in [-0.3, -0.25) is 0 Å². The Morgan fingerprint density at radius 2 is 1.44 bits per heavy atom. The van der Waals surface area contributed by atoms with Crippen molar-refractivity contribution in [2.75, 3.05) is 7.11 Å². The standard InChI is InChI=1S/C38H36O7/c1-26(2)14-16-31-22-29(15-21-33(31)39)23-38(37(41)42-3)34(35(36(40)45-38)44-25-28-12-8-5-9-13-28)30-17-19-32(20-18-30)43-24-27-10-6-4-7-11-27/h4-15,17-22,39H,16,23-25H2,1-3H3. The predicted molar refractivity (Wildman–Crippen MR) is 171 cm³/mol. The van der Waals surface area contributed by atoms with Gasteiger partial charge in [0.15, 0.2) is 0 Å². The van der Waals surface area contributed by atoms with Crippen molar-refractivity contribution in [1.82, 2.24) is 0 Å². The quantitative estimate of drug-likeness (QED) is 0.136. The Hall–Kier alpha value is -5.30. The molecule has 0 spiro atoms. The molecule has 230 valence electrons. The summed E-state index contributed by atoms with van der Waals surface area (Å²) >= 11 is 0. The summed E-state index contributed by atoms with van der Waals surface area (Å²) < 4.78 is 23.3. The van der Waals surface area contributed by atoms with Gasteiger partial charge in [0.1, 0.15) is 24.7 Å². The first-order chi connectivity index (χ1) is 21.8. The van der Waals surface area contributed by atoms with E-state index in [4.69, 9.17) is 18.9 Å². The minimum atomic E-state index is -1.84. The molecule has 45 heavy (non-hydrogen) atoms. The second-order valence-electron chi connectivity index (χ2n) is 11.1. The van der Waals surface area contributed by atoms with E-state index in [2.05, 4.69) is 0 Å². The lowest BCUT2D eigenvalue weighted by molar-refractivity contribution is -0.169. The SMILES string of the molecule is COC(=O)C1(Cc2ccc(O)c(CC=C(C)C)c2)OC(=O)C(OCc2ccccc2)=C1c1ccc(OCc2ccccc2)cc1. The van der Waals surface area contributed by atoms with Gasteiger partial charge in [0.2, 0.25) is 11.4 Å². The van der Waals surface area contributed by atoms with Crippen molar-refractivity contribution in [2.24, 2.45) is 0 Å². The topological polar surface area (TPSA) is 91.3 Å². The van der Waals surface area contributed by atoms with Gasteiger partial charge >= 0.3 is 11.9 Å². The normalized spacial score (nSPS) is 15.8. The molecular weight excluding hydrogens is 568 g/mol. The highest BCUT2D eigenvalue weighted by atomic mass is 16.6. The van der Waals surface area contributed by atoms with Gasteiger partial charge < -0.3 is 24.1 Å². The number of phenolic OH excluding ortho intramolecular Hbond substituents is 1. The molecule has 1 N–H and O–H groups in total. The Kier molecular flexibility index (Phi) is 9.68. The Balaban J connectivity index is 1.55. The number of esters is 2. The lowest BCUT2D eigenvalue weighted by atomic mass is 9.82. The molecule has 0 aromatic heterocycles. The molecule has 0 radical (unpaired) electrons. The van der Waals surface area contributed by atoms with E-state index < -0.39 is 17.5 Å². The molecule has 0 saturated carbocycles. The molecule has 1 aliphatic heterocycles. The molecule has 4 aromatic carbocycles. The van der Waals surface area contributed by atoms with Crippen LogP contribution in [0.25, 0.3) is 5.57 Å². The third-order valence-electron chi connectivity index (χ3n) is 7.54. The van der Waals surface area contributed by atoms with Crippen molar-refractivity contribution in [2.45, 2.75) is 45.5 Å². The summed E-state index contributed by atoms with van der Waals surface area (Å²) in [6, 6.07) is 31.5. The number of carbonyl (C=O) groups excluding carboxylic acids is 2. The number of allylic oxidation sites excluding steroid dienone is 2. The van der Waals surface area contributed by atoms with E-state index in [0.29, 0.717) is 35.5 Å². The summed E-state index contributed by atoms with van der Waals surface area (Å²) in [6.45, 7) is 4.45. The van der Waals surface area contributed by atoms with Crippen molar-refractivity contribution >= 4 is 17.5 Å². The molecule has 1 heterocycles. The maximum atomic E-state index is 13.7. The fourth-order valence-corrected chi connectivity index (χ4v) is 5.24. The van der Waals surface area contributed by atoms with Crippen LogP contribution in [0.4, 0.5) is 0 Å². The highest BCUT2D eigenvalue weighted by Crippen LogP contribution is 2.44. The number of rotatable bonds is 12. The minimum Gasteiger partial charge on any atom is -0.508 e. The zero-order valence-electron chi connectivity index (χ0n) is 25.6. The van der Waals surface area contributed by atoms with E-state index in [1.54, 1.807) is 36.4 Å². The van der Waals surface area contributed by atoms with Crippen LogP contribution >= 0.6 is 0 Å². The maximum absolute atomic E-state index is 13.7. The lowest BCUT2D eigenvalue weighted by Crippen LogP contribution is -2.44. The number of benzene rings is 4. The Bertz CT molecular complexity index is 1700. The number of cyclic esters (lactones) is 1. The molecule has 0 fully saturated rings. The molecule has 5 rings (SSSR count). The predicted octanol–water partition coefficient (Wildman–Crippen LogP) is 7.12. The first kappa shape index (κ1) is 31.1. The molecule has 4 aromatic rings. The van der Waals surface area contributed by atoms with E-state index in [1.165, 1.54) is 7.11 Å².